The van der Waals surface area contributed by atoms with E-state index in [1.807, 2.05) is 12.1 Å². The summed E-state index contributed by atoms with van der Waals surface area (Å²) in [4.78, 5) is 35.4. The van der Waals surface area contributed by atoms with Crippen molar-refractivity contribution in [1.82, 2.24) is 5.32 Å². The zero-order valence-corrected chi connectivity index (χ0v) is 15.5. The molecule has 0 aliphatic rings. The molecule has 1 aromatic rings. The molecule has 138 valence electrons. The predicted octanol–water partition coefficient (Wildman–Crippen LogP) is 2.76. The first-order chi connectivity index (χ1) is 11.6. The number of hydrogen-bond donors (Lipinski definition) is 2. The lowest BCUT2D eigenvalue weighted by Gasteiger charge is -2.21. The van der Waals surface area contributed by atoms with Gasteiger partial charge in [-0.15, -0.1) is 0 Å². The molecular weight excluding hydrogens is 322 g/mol. The Balaban J connectivity index is 2.82. The van der Waals surface area contributed by atoms with Crippen LogP contribution in [-0.4, -0.2) is 35.6 Å². The molecule has 6 heteroatoms. The minimum atomic E-state index is -1.18. The fourth-order valence-corrected chi connectivity index (χ4v) is 2.39. The highest BCUT2D eigenvalue weighted by atomic mass is 16.5. The van der Waals surface area contributed by atoms with Crippen LogP contribution in [0.25, 0.3) is 0 Å². The van der Waals surface area contributed by atoms with Gasteiger partial charge < -0.3 is 15.2 Å². The van der Waals surface area contributed by atoms with E-state index >= 15 is 0 Å². The van der Waals surface area contributed by atoms with Gasteiger partial charge in [0.15, 0.2) is 0 Å². The number of carbonyl (C=O) groups is 3. The number of nitrogens with one attached hydrogen (secondary N) is 1. The molecule has 0 fully saturated rings. The molecule has 0 aliphatic heterocycles. The summed E-state index contributed by atoms with van der Waals surface area (Å²) >= 11 is 0. The summed E-state index contributed by atoms with van der Waals surface area (Å²) in [5.74, 6) is -2.74. The van der Waals surface area contributed by atoms with E-state index in [9.17, 15) is 19.5 Å². The largest absolute Gasteiger partial charge is 0.480 e. The Hall–Kier alpha value is -2.37. The number of carbonyl (C=O) groups excluding carboxylic acids is 2. The number of rotatable bonds is 7. The second-order valence-corrected chi connectivity index (χ2v) is 7.10. The number of ether oxygens (including phenoxy) is 1. The number of carboxylic acid groups (broad SMARTS) is 1. The second-order valence-electron chi connectivity index (χ2n) is 7.10. The fourth-order valence-electron chi connectivity index (χ4n) is 2.39. The van der Waals surface area contributed by atoms with Crippen LogP contribution < -0.4 is 5.32 Å². The molecule has 0 saturated heterocycles. The Kier molecular flexibility index (Phi) is 7.15. The van der Waals surface area contributed by atoms with Crippen LogP contribution in [-0.2, 0) is 19.7 Å². The highest BCUT2D eigenvalue weighted by molar-refractivity contribution is 5.96. The van der Waals surface area contributed by atoms with Gasteiger partial charge in [-0.2, -0.15) is 0 Å². The van der Waals surface area contributed by atoms with Gasteiger partial charge in [0.05, 0.1) is 13.0 Å². The van der Waals surface area contributed by atoms with Crippen molar-refractivity contribution in [3.63, 3.8) is 0 Å². The molecule has 0 radical (unpaired) electrons. The predicted molar refractivity (Wildman–Crippen MR) is 94.4 cm³/mol. The summed E-state index contributed by atoms with van der Waals surface area (Å²) in [5.41, 5.74) is 1.42. The maximum Gasteiger partial charge on any atom is 0.326 e. The van der Waals surface area contributed by atoms with Gasteiger partial charge in [0, 0.05) is 5.56 Å². The quantitative estimate of drug-likeness (QED) is 0.738. The third-order valence-electron chi connectivity index (χ3n) is 3.93. The smallest absolute Gasteiger partial charge is 0.326 e. The van der Waals surface area contributed by atoms with Crippen molar-refractivity contribution in [2.75, 3.05) is 6.61 Å². The zero-order chi connectivity index (χ0) is 19.2. The fraction of sp³-hybridized carbons (Fsp3) is 0.526. The zero-order valence-electron chi connectivity index (χ0n) is 15.5. The average Bonchev–Trinajstić information content (AvgIpc) is 2.51. The molecule has 6 nitrogen and oxygen atoms in total. The van der Waals surface area contributed by atoms with Crippen molar-refractivity contribution < 1.29 is 24.2 Å². The molecule has 25 heavy (non-hydrogen) atoms. The molecule has 2 atom stereocenters. The van der Waals surface area contributed by atoms with E-state index in [1.165, 1.54) is 0 Å². The molecule has 0 aromatic heterocycles. The van der Waals surface area contributed by atoms with Gasteiger partial charge in [0.25, 0.3) is 5.91 Å². The molecule has 0 aliphatic carbocycles. The number of aliphatic carboxylic acids is 1. The highest BCUT2D eigenvalue weighted by Crippen LogP contribution is 2.22. The van der Waals surface area contributed by atoms with E-state index in [-0.39, 0.29) is 18.4 Å². The summed E-state index contributed by atoms with van der Waals surface area (Å²) in [5, 5.41) is 11.9. The minimum Gasteiger partial charge on any atom is -0.480 e. The standard InChI is InChI=1S/C19H27NO5/c1-6-25-15(21)11-12(2)16(18(23)24)20-17(22)13-7-9-14(10-8-13)19(3,4)5/h7-10,12,16H,6,11H2,1-5H3,(H,20,22)(H,23,24)/t12-,16-/m0/s1. The molecule has 1 amide bonds. The van der Waals surface area contributed by atoms with Crippen LogP contribution in [0.4, 0.5) is 0 Å². The summed E-state index contributed by atoms with van der Waals surface area (Å²) < 4.78 is 4.83. The molecule has 1 rings (SSSR count). The Morgan fingerprint density at radius 1 is 1.16 bits per heavy atom. The average molecular weight is 349 g/mol. The molecule has 0 saturated carbocycles. The van der Waals surface area contributed by atoms with Crippen molar-refractivity contribution >= 4 is 17.8 Å². The maximum absolute atomic E-state index is 12.3. The summed E-state index contributed by atoms with van der Waals surface area (Å²) in [6.45, 7) is 9.72. The normalized spacial score (nSPS) is 13.6. The number of esters is 1. The molecule has 0 spiro atoms. The molecular formula is C19H27NO5. The van der Waals surface area contributed by atoms with E-state index in [0.717, 1.165) is 5.56 Å². The molecule has 0 heterocycles. The van der Waals surface area contributed by atoms with Crippen LogP contribution in [0, 0.1) is 5.92 Å². The molecule has 0 bridgehead atoms. The van der Waals surface area contributed by atoms with Gasteiger partial charge in [-0.25, -0.2) is 4.79 Å². The third kappa shape index (κ3) is 6.21. The Morgan fingerprint density at radius 2 is 1.72 bits per heavy atom. The summed E-state index contributed by atoms with van der Waals surface area (Å²) in [6, 6.07) is 5.88. The first kappa shape index (κ1) is 20.7. The molecule has 0 unspecified atom stereocenters. The van der Waals surface area contributed by atoms with Gasteiger partial charge in [-0.1, -0.05) is 39.8 Å². The van der Waals surface area contributed by atoms with Crippen molar-refractivity contribution in [1.29, 1.82) is 0 Å². The van der Waals surface area contributed by atoms with Gasteiger partial charge in [0.2, 0.25) is 0 Å². The maximum atomic E-state index is 12.3. The van der Waals surface area contributed by atoms with Crippen molar-refractivity contribution in [3.8, 4) is 0 Å². The van der Waals surface area contributed by atoms with Crippen LogP contribution in [0.15, 0.2) is 24.3 Å². The number of carboxylic acids is 1. The Bertz CT molecular complexity index is 616. The highest BCUT2D eigenvalue weighted by Gasteiger charge is 2.29. The van der Waals surface area contributed by atoms with E-state index in [0.29, 0.717) is 5.56 Å². The van der Waals surface area contributed by atoms with Crippen molar-refractivity contribution in [2.24, 2.45) is 5.92 Å². The number of benzene rings is 1. The van der Waals surface area contributed by atoms with E-state index in [2.05, 4.69) is 26.1 Å². The van der Waals surface area contributed by atoms with E-state index in [1.54, 1.807) is 26.0 Å². The second kappa shape index (κ2) is 8.65. The van der Waals surface area contributed by atoms with Crippen molar-refractivity contribution in [3.05, 3.63) is 35.4 Å². The van der Waals surface area contributed by atoms with Crippen LogP contribution in [0.2, 0.25) is 0 Å². The topological polar surface area (TPSA) is 92.7 Å². The summed E-state index contributed by atoms with van der Waals surface area (Å²) in [7, 11) is 0. The lowest BCUT2D eigenvalue weighted by atomic mass is 9.86. The SMILES string of the molecule is CCOC(=O)C[C@H](C)[C@H](NC(=O)c1ccc(C(C)(C)C)cc1)C(=O)O. The first-order valence-electron chi connectivity index (χ1n) is 8.36. The van der Waals surface area contributed by atoms with Crippen LogP contribution in [0.3, 0.4) is 0 Å². The summed E-state index contributed by atoms with van der Waals surface area (Å²) in [6.07, 6.45) is -0.0753. The van der Waals surface area contributed by atoms with E-state index < -0.39 is 29.8 Å². The Morgan fingerprint density at radius 3 is 2.16 bits per heavy atom. The lowest BCUT2D eigenvalue weighted by molar-refractivity contribution is -0.145. The van der Waals surface area contributed by atoms with Crippen LogP contribution in [0.5, 0.6) is 0 Å². The lowest BCUT2D eigenvalue weighted by Crippen LogP contribution is -2.45. The van der Waals surface area contributed by atoms with Crippen LogP contribution in [0.1, 0.15) is 57.0 Å². The minimum absolute atomic E-state index is 0.0350. The van der Waals surface area contributed by atoms with E-state index in [4.69, 9.17) is 4.74 Å². The van der Waals surface area contributed by atoms with Gasteiger partial charge in [-0.3, -0.25) is 9.59 Å². The number of hydrogen-bond acceptors (Lipinski definition) is 4. The monoisotopic (exact) mass is 349 g/mol. The Labute approximate surface area is 148 Å². The van der Waals surface area contributed by atoms with Gasteiger partial charge in [-0.05, 0) is 36.0 Å². The first-order valence-corrected chi connectivity index (χ1v) is 8.36. The molecule has 1 aromatic carbocycles. The van der Waals surface area contributed by atoms with Gasteiger partial charge >= 0.3 is 11.9 Å². The number of amides is 1. The molecule has 2 N–H and O–H groups in total. The third-order valence-corrected chi connectivity index (χ3v) is 3.93. The van der Waals surface area contributed by atoms with Gasteiger partial charge in [0.1, 0.15) is 6.04 Å². The van der Waals surface area contributed by atoms with Crippen LogP contribution >= 0.6 is 0 Å². The van der Waals surface area contributed by atoms with Crippen molar-refractivity contribution in [2.45, 2.75) is 52.5 Å².